The molecule has 1 aliphatic rings. The molecule has 0 N–H and O–H groups in total. The lowest BCUT2D eigenvalue weighted by Crippen LogP contribution is -2.28. The number of amidine groups is 1. The van der Waals surface area contributed by atoms with Crippen LogP contribution in [0, 0.1) is 0 Å². The second-order valence-corrected chi connectivity index (χ2v) is 8.88. The van der Waals surface area contributed by atoms with Crippen molar-refractivity contribution in [3.8, 4) is 0 Å². The van der Waals surface area contributed by atoms with E-state index in [4.69, 9.17) is 0 Å². The number of para-hydroxylation sites is 1. The Bertz CT molecular complexity index is 1190. The molecule has 32 heavy (non-hydrogen) atoms. The second-order valence-electron chi connectivity index (χ2n) is 6.99. The molecule has 0 saturated carbocycles. The summed E-state index contributed by atoms with van der Waals surface area (Å²) < 4.78 is 0. The number of benzene rings is 3. The molecule has 3 aromatic carbocycles. The monoisotopic (exact) mass is 459 g/mol. The number of hydrogen-bond acceptors (Lipinski definition) is 6. The molecule has 1 saturated heterocycles. The van der Waals surface area contributed by atoms with Gasteiger partial charge in [-0.3, -0.25) is 9.69 Å². The maximum Gasteiger partial charge on any atom is 0.267 e. The lowest BCUT2D eigenvalue weighted by atomic mass is 10.1. The van der Waals surface area contributed by atoms with E-state index in [1.807, 2.05) is 66.9 Å². The highest BCUT2D eigenvalue weighted by molar-refractivity contribution is 8.18. The summed E-state index contributed by atoms with van der Waals surface area (Å²) in [5.74, 6) is -1.36. The molecule has 3 aromatic rings. The van der Waals surface area contributed by atoms with E-state index in [1.54, 1.807) is 28.8 Å². The Morgan fingerprint density at radius 1 is 1.03 bits per heavy atom. The van der Waals surface area contributed by atoms with Crippen LogP contribution in [0.25, 0.3) is 6.08 Å². The van der Waals surface area contributed by atoms with Crippen LogP contribution in [0.2, 0.25) is 0 Å². The zero-order valence-electron chi connectivity index (χ0n) is 17.2. The molecule has 1 amide bonds. The molecular weight excluding hydrogens is 440 g/mol. The summed E-state index contributed by atoms with van der Waals surface area (Å²) in [5.41, 5.74) is 2.60. The van der Waals surface area contributed by atoms with Crippen molar-refractivity contribution >= 4 is 52.3 Å². The Balaban J connectivity index is 1.65. The average Bonchev–Trinajstić information content (AvgIpc) is 3.09. The first-order valence-electron chi connectivity index (χ1n) is 9.83. The van der Waals surface area contributed by atoms with E-state index in [0.29, 0.717) is 10.1 Å². The van der Waals surface area contributed by atoms with Gasteiger partial charge in [-0.1, -0.05) is 54.6 Å². The molecule has 0 bridgehead atoms. The van der Waals surface area contributed by atoms with E-state index in [0.717, 1.165) is 21.7 Å². The normalized spacial score (nSPS) is 16.2. The van der Waals surface area contributed by atoms with E-state index in [2.05, 4.69) is 4.99 Å². The number of carbonyl (C=O) groups excluding carboxylic acids is 2. The minimum absolute atomic E-state index is 0.100. The van der Waals surface area contributed by atoms with Crippen molar-refractivity contribution in [3.63, 3.8) is 0 Å². The second kappa shape index (κ2) is 9.89. The number of amides is 1. The van der Waals surface area contributed by atoms with Gasteiger partial charge in [-0.05, 0) is 65.0 Å². The zero-order chi connectivity index (χ0) is 22.5. The number of aromatic carboxylic acids is 1. The highest BCUT2D eigenvalue weighted by Gasteiger charge is 2.33. The number of carbonyl (C=O) groups is 2. The van der Waals surface area contributed by atoms with E-state index in [-0.39, 0.29) is 18.0 Å². The predicted molar refractivity (Wildman–Crippen MR) is 129 cm³/mol. The molecule has 0 aliphatic carbocycles. The molecule has 0 spiro atoms. The zero-order valence-corrected chi connectivity index (χ0v) is 18.9. The van der Waals surface area contributed by atoms with Gasteiger partial charge in [0.05, 0.1) is 23.1 Å². The maximum atomic E-state index is 13.3. The van der Waals surface area contributed by atoms with Crippen molar-refractivity contribution in [2.45, 2.75) is 11.4 Å². The molecule has 1 fully saturated rings. The molecule has 1 heterocycles. The summed E-state index contributed by atoms with van der Waals surface area (Å²) in [4.78, 5) is 32.3. The van der Waals surface area contributed by atoms with Crippen molar-refractivity contribution in [1.82, 2.24) is 4.90 Å². The van der Waals surface area contributed by atoms with Crippen LogP contribution >= 0.6 is 23.5 Å². The first-order chi connectivity index (χ1) is 15.5. The van der Waals surface area contributed by atoms with Crippen molar-refractivity contribution in [3.05, 3.63) is 100 Å². The molecule has 0 radical (unpaired) electrons. The lowest BCUT2D eigenvalue weighted by Gasteiger charge is -2.16. The van der Waals surface area contributed by atoms with E-state index >= 15 is 0 Å². The number of hydrogen-bond donors (Lipinski definition) is 0. The van der Waals surface area contributed by atoms with Crippen LogP contribution in [0.3, 0.4) is 0 Å². The van der Waals surface area contributed by atoms with E-state index in [9.17, 15) is 14.7 Å². The van der Waals surface area contributed by atoms with Crippen LogP contribution in [0.4, 0.5) is 5.69 Å². The van der Waals surface area contributed by atoms with Crippen LogP contribution in [0.1, 0.15) is 21.5 Å². The summed E-state index contributed by atoms with van der Waals surface area (Å²) in [5, 5.41) is 11.6. The fourth-order valence-electron chi connectivity index (χ4n) is 3.12. The molecule has 160 valence electrons. The SMILES string of the molecule is CSc1ccc(/C=C2\SC(=Nc3ccccc3)N(Cc3ccc(C(=O)[O-])cc3)C2=O)cc1. The minimum Gasteiger partial charge on any atom is -0.545 e. The standard InChI is InChI=1S/C25H20N2O3S2/c1-31-21-13-9-17(10-14-21)15-22-23(28)27(16-18-7-11-19(12-8-18)24(29)30)25(32-22)26-20-5-3-2-4-6-20/h2-15H,16H2,1H3,(H,29,30)/p-1/b22-15-,26-25?. The molecule has 0 aromatic heterocycles. The Labute approximate surface area is 194 Å². The molecule has 7 heteroatoms. The summed E-state index contributed by atoms with van der Waals surface area (Å²) in [7, 11) is 0. The molecule has 5 nitrogen and oxygen atoms in total. The summed E-state index contributed by atoms with van der Waals surface area (Å²) >= 11 is 3.00. The van der Waals surface area contributed by atoms with Crippen molar-refractivity contribution in [1.29, 1.82) is 0 Å². The lowest BCUT2D eigenvalue weighted by molar-refractivity contribution is -0.255. The number of rotatable bonds is 6. The van der Waals surface area contributed by atoms with Gasteiger partial charge in [-0.15, -0.1) is 11.8 Å². The Morgan fingerprint density at radius 2 is 1.72 bits per heavy atom. The number of carboxylic acid groups (broad SMARTS) is 1. The molecular formula is C25H19N2O3S2-. The van der Waals surface area contributed by atoms with Crippen molar-refractivity contribution < 1.29 is 14.7 Å². The quantitative estimate of drug-likeness (QED) is 0.399. The number of nitrogens with zero attached hydrogens (tertiary/aromatic N) is 2. The van der Waals surface area contributed by atoms with Crippen LogP contribution < -0.4 is 5.11 Å². The van der Waals surface area contributed by atoms with Crippen LogP contribution in [-0.2, 0) is 11.3 Å². The van der Waals surface area contributed by atoms with Gasteiger partial charge in [0.15, 0.2) is 5.17 Å². The maximum absolute atomic E-state index is 13.3. The van der Waals surface area contributed by atoms with Crippen molar-refractivity contribution in [2.75, 3.05) is 6.26 Å². The van der Waals surface area contributed by atoms with Gasteiger partial charge >= 0.3 is 0 Å². The third-order valence-electron chi connectivity index (χ3n) is 4.81. The average molecular weight is 460 g/mol. The number of aliphatic imine (C=N–C) groups is 1. The van der Waals surface area contributed by atoms with Gasteiger partial charge in [0.25, 0.3) is 5.91 Å². The third kappa shape index (κ3) is 5.12. The highest BCUT2D eigenvalue weighted by Crippen LogP contribution is 2.35. The van der Waals surface area contributed by atoms with E-state index < -0.39 is 5.97 Å². The fraction of sp³-hybridized carbons (Fsp3) is 0.0800. The topological polar surface area (TPSA) is 72.8 Å². The molecule has 0 atom stereocenters. The van der Waals surface area contributed by atoms with Crippen LogP contribution in [-0.4, -0.2) is 28.2 Å². The third-order valence-corrected chi connectivity index (χ3v) is 6.56. The predicted octanol–water partition coefficient (Wildman–Crippen LogP) is 4.58. The van der Waals surface area contributed by atoms with Crippen LogP contribution in [0.15, 0.2) is 93.7 Å². The molecule has 0 unspecified atom stereocenters. The molecule has 4 rings (SSSR count). The van der Waals surface area contributed by atoms with Crippen LogP contribution in [0.5, 0.6) is 0 Å². The minimum atomic E-state index is -1.23. The van der Waals surface area contributed by atoms with Gasteiger partial charge in [0.1, 0.15) is 0 Å². The highest BCUT2D eigenvalue weighted by atomic mass is 32.2. The largest absolute Gasteiger partial charge is 0.545 e. The summed E-state index contributed by atoms with van der Waals surface area (Å²) in [6.07, 6.45) is 3.89. The van der Waals surface area contributed by atoms with Crippen molar-refractivity contribution in [2.24, 2.45) is 4.99 Å². The Morgan fingerprint density at radius 3 is 2.34 bits per heavy atom. The van der Waals surface area contributed by atoms with Gasteiger partial charge in [-0.2, -0.15) is 0 Å². The Kier molecular flexibility index (Phi) is 6.78. The smallest absolute Gasteiger partial charge is 0.267 e. The van der Waals surface area contributed by atoms with Gasteiger partial charge in [0.2, 0.25) is 0 Å². The summed E-state index contributed by atoms with van der Waals surface area (Å²) in [6, 6.07) is 23.8. The van der Waals surface area contributed by atoms with Gasteiger partial charge in [0, 0.05) is 4.90 Å². The first kappa shape index (κ1) is 21.9. The fourth-order valence-corrected chi connectivity index (χ4v) is 4.53. The van der Waals surface area contributed by atoms with E-state index in [1.165, 1.54) is 23.9 Å². The Hall–Kier alpha value is -3.29. The molecule has 1 aliphatic heterocycles. The van der Waals surface area contributed by atoms with Gasteiger partial charge < -0.3 is 9.90 Å². The number of thioether (sulfide) groups is 2. The number of carboxylic acids is 1. The first-order valence-corrected chi connectivity index (χ1v) is 11.9. The van der Waals surface area contributed by atoms with Gasteiger partial charge in [-0.25, -0.2) is 4.99 Å². The summed E-state index contributed by atoms with van der Waals surface area (Å²) in [6.45, 7) is 0.285.